The molecule has 1 aliphatic heterocycles. The predicted octanol–water partition coefficient (Wildman–Crippen LogP) is 0.751. The zero-order valence-electron chi connectivity index (χ0n) is 10.0. The third-order valence-electron chi connectivity index (χ3n) is 3.97. The molecule has 2 unspecified atom stereocenters. The second kappa shape index (κ2) is 5.15. The maximum atomic E-state index is 12.3. The number of nitrogens with zero attached hydrogens (tertiary/aromatic N) is 1. The molecule has 0 spiro atoms. The van der Waals surface area contributed by atoms with Crippen LogP contribution in [0.1, 0.15) is 32.1 Å². The molecular weight excluding hydrogens is 204 g/mol. The minimum Gasteiger partial charge on any atom is -0.381 e. The van der Waals surface area contributed by atoms with Crippen LogP contribution in [0.5, 0.6) is 0 Å². The van der Waals surface area contributed by atoms with Gasteiger partial charge in [0.2, 0.25) is 5.91 Å². The Labute approximate surface area is 97.1 Å². The molecule has 4 heteroatoms. The van der Waals surface area contributed by atoms with Gasteiger partial charge in [0.25, 0.3) is 0 Å². The number of ether oxygens (including phenoxy) is 1. The molecule has 2 rings (SSSR count). The fourth-order valence-electron chi connectivity index (χ4n) is 2.81. The highest BCUT2D eigenvalue weighted by Gasteiger charge is 2.34. The van der Waals surface area contributed by atoms with Gasteiger partial charge in [0.15, 0.2) is 0 Å². The van der Waals surface area contributed by atoms with E-state index < -0.39 is 0 Å². The summed E-state index contributed by atoms with van der Waals surface area (Å²) >= 11 is 0. The Balaban J connectivity index is 1.92. The van der Waals surface area contributed by atoms with Crippen molar-refractivity contribution in [2.24, 2.45) is 11.7 Å². The molecule has 1 saturated heterocycles. The molecule has 1 amide bonds. The van der Waals surface area contributed by atoms with Gasteiger partial charge in [0.1, 0.15) is 0 Å². The number of nitrogens with two attached hydrogens (primary N) is 1. The quantitative estimate of drug-likeness (QED) is 0.756. The molecule has 16 heavy (non-hydrogen) atoms. The summed E-state index contributed by atoms with van der Waals surface area (Å²) in [5.41, 5.74) is 5.98. The molecule has 1 saturated carbocycles. The fourth-order valence-corrected chi connectivity index (χ4v) is 2.81. The second-order valence-electron chi connectivity index (χ2n) is 4.99. The molecule has 92 valence electrons. The molecule has 0 radical (unpaired) electrons. The number of carbonyl (C=O) groups is 1. The van der Waals surface area contributed by atoms with E-state index in [4.69, 9.17) is 10.5 Å². The van der Waals surface area contributed by atoms with Crippen molar-refractivity contribution in [1.29, 1.82) is 0 Å². The monoisotopic (exact) mass is 226 g/mol. The van der Waals surface area contributed by atoms with Gasteiger partial charge in [-0.3, -0.25) is 4.79 Å². The van der Waals surface area contributed by atoms with Gasteiger partial charge in [-0.2, -0.15) is 0 Å². The van der Waals surface area contributed by atoms with Crippen molar-refractivity contribution >= 4 is 5.91 Å². The first-order valence-corrected chi connectivity index (χ1v) is 6.30. The summed E-state index contributed by atoms with van der Waals surface area (Å²) in [6, 6.07) is 0.434. The Hall–Kier alpha value is -0.610. The Bertz CT molecular complexity index is 251. The third kappa shape index (κ3) is 2.38. The van der Waals surface area contributed by atoms with Gasteiger partial charge in [-0.05, 0) is 25.7 Å². The van der Waals surface area contributed by atoms with Crippen LogP contribution < -0.4 is 5.73 Å². The average molecular weight is 226 g/mol. The van der Waals surface area contributed by atoms with Gasteiger partial charge in [0.05, 0.1) is 5.92 Å². The highest BCUT2D eigenvalue weighted by atomic mass is 16.5. The van der Waals surface area contributed by atoms with Gasteiger partial charge >= 0.3 is 0 Å². The molecule has 1 aliphatic carbocycles. The first-order valence-electron chi connectivity index (χ1n) is 6.30. The molecule has 0 aromatic heterocycles. The molecular formula is C12H22N2O2. The lowest BCUT2D eigenvalue weighted by molar-refractivity contribution is -0.138. The fraction of sp³-hybridized carbons (Fsp3) is 0.917. The molecule has 2 N–H and O–H groups in total. The maximum Gasteiger partial charge on any atom is 0.227 e. The summed E-state index contributed by atoms with van der Waals surface area (Å²) < 4.78 is 5.31. The number of hydrogen-bond acceptors (Lipinski definition) is 3. The zero-order chi connectivity index (χ0) is 11.5. The van der Waals surface area contributed by atoms with Crippen molar-refractivity contribution < 1.29 is 9.53 Å². The summed E-state index contributed by atoms with van der Waals surface area (Å²) in [4.78, 5) is 14.2. The smallest absolute Gasteiger partial charge is 0.227 e. The van der Waals surface area contributed by atoms with E-state index in [9.17, 15) is 4.79 Å². The third-order valence-corrected chi connectivity index (χ3v) is 3.97. The van der Waals surface area contributed by atoms with E-state index in [0.29, 0.717) is 6.04 Å². The van der Waals surface area contributed by atoms with Gasteiger partial charge in [-0.25, -0.2) is 0 Å². The Kier molecular flexibility index (Phi) is 3.82. The van der Waals surface area contributed by atoms with Crippen molar-refractivity contribution in [1.82, 2.24) is 4.90 Å². The van der Waals surface area contributed by atoms with Gasteiger partial charge < -0.3 is 15.4 Å². The van der Waals surface area contributed by atoms with Crippen LogP contribution in [-0.4, -0.2) is 43.2 Å². The molecule has 4 nitrogen and oxygen atoms in total. The van der Waals surface area contributed by atoms with Crippen molar-refractivity contribution in [3.8, 4) is 0 Å². The first-order chi connectivity index (χ1) is 7.70. The summed E-state index contributed by atoms with van der Waals surface area (Å²) in [5.74, 6) is 0.310. The molecule has 0 bridgehead atoms. The maximum absolute atomic E-state index is 12.3. The molecule has 0 aromatic rings. The lowest BCUT2D eigenvalue weighted by atomic mass is 10.00. The van der Waals surface area contributed by atoms with Gasteiger partial charge in [0, 0.05) is 32.3 Å². The van der Waals surface area contributed by atoms with Crippen molar-refractivity contribution in [3.05, 3.63) is 0 Å². The molecule has 2 fully saturated rings. The highest BCUT2D eigenvalue weighted by Crippen LogP contribution is 2.27. The normalized spacial score (nSPS) is 31.6. The number of amides is 1. The number of rotatable bonds is 2. The van der Waals surface area contributed by atoms with Crippen LogP contribution in [0, 0.1) is 5.92 Å². The topological polar surface area (TPSA) is 55.6 Å². The van der Waals surface area contributed by atoms with Crippen molar-refractivity contribution in [2.75, 3.05) is 20.3 Å². The molecule has 0 aromatic carbocycles. The largest absolute Gasteiger partial charge is 0.381 e. The highest BCUT2D eigenvalue weighted by molar-refractivity contribution is 5.80. The Morgan fingerprint density at radius 1 is 1.25 bits per heavy atom. The van der Waals surface area contributed by atoms with E-state index in [1.54, 1.807) is 0 Å². The van der Waals surface area contributed by atoms with Crippen LogP contribution in [-0.2, 0) is 9.53 Å². The van der Waals surface area contributed by atoms with Crippen LogP contribution in [0.4, 0.5) is 0 Å². The minimum absolute atomic E-state index is 0.0628. The van der Waals surface area contributed by atoms with Crippen LogP contribution in [0.25, 0.3) is 0 Å². The van der Waals surface area contributed by atoms with Crippen LogP contribution in [0.15, 0.2) is 0 Å². The van der Waals surface area contributed by atoms with E-state index in [1.807, 2.05) is 11.9 Å². The van der Waals surface area contributed by atoms with Gasteiger partial charge in [-0.1, -0.05) is 6.42 Å². The number of carbonyl (C=O) groups excluding carboxylic acids is 1. The average Bonchev–Trinajstić information content (AvgIpc) is 2.75. The van der Waals surface area contributed by atoms with Gasteiger partial charge in [-0.15, -0.1) is 0 Å². The van der Waals surface area contributed by atoms with E-state index in [-0.39, 0.29) is 17.9 Å². The summed E-state index contributed by atoms with van der Waals surface area (Å²) in [7, 11) is 1.92. The van der Waals surface area contributed by atoms with Crippen LogP contribution >= 0.6 is 0 Å². The van der Waals surface area contributed by atoms with Crippen LogP contribution in [0.3, 0.4) is 0 Å². The molecule has 2 aliphatic rings. The standard InChI is InChI=1S/C12H22N2O2/c1-14(9-5-7-16-8-6-9)12(15)10-3-2-4-11(10)13/h9-11H,2-8,13H2,1H3. The summed E-state index contributed by atoms with van der Waals surface area (Å²) in [6.45, 7) is 1.55. The predicted molar refractivity (Wildman–Crippen MR) is 61.9 cm³/mol. The van der Waals surface area contributed by atoms with Crippen molar-refractivity contribution in [3.63, 3.8) is 0 Å². The Morgan fingerprint density at radius 2 is 1.94 bits per heavy atom. The SMILES string of the molecule is CN(C(=O)C1CCCC1N)C1CCOCC1. The second-order valence-corrected chi connectivity index (χ2v) is 4.99. The molecule has 1 heterocycles. The van der Waals surface area contributed by atoms with E-state index >= 15 is 0 Å². The zero-order valence-corrected chi connectivity index (χ0v) is 10.0. The lowest BCUT2D eigenvalue weighted by Crippen LogP contribution is -2.46. The summed E-state index contributed by atoms with van der Waals surface area (Å²) in [5, 5.41) is 0. The van der Waals surface area contributed by atoms with Crippen molar-refractivity contribution in [2.45, 2.75) is 44.2 Å². The van der Waals surface area contributed by atoms with E-state index in [0.717, 1.165) is 45.3 Å². The van der Waals surface area contributed by atoms with E-state index in [1.165, 1.54) is 0 Å². The lowest BCUT2D eigenvalue weighted by Gasteiger charge is -2.33. The number of hydrogen-bond donors (Lipinski definition) is 1. The molecule has 2 atom stereocenters. The first kappa shape index (κ1) is 11.9. The van der Waals surface area contributed by atoms with E-state index in [2.05, 4.69) is 0 Å². The van der Waals surface area contributed by atoms with Crippen LogP contribution in [0.2, 0.25) is 0 Å². The Morgan fingerprint density at radius 3 is 2.50 bits per heavy atom. The minimum atomic E-state index is 0.0628. The summed E-state index contributed by atoms with van der Waals surface area (Å²) in [6.07, 6.45) is 4.99.